The minimum absolute atomic E-state index is 0.464. The largest absolute Gasteiger partial charge is 0.310 e. The van der Waals surface area contributed by atoms with Gasteiger partial charge in [0, 0.05) is 12.1 Å². The van der Waals surface area contributed by atoms with Crippen molar-refractivity contribution in [3.63, 3.8) is 0 Å². The van der Waals surface area contributed by atoms with Crippen molar-refractivity contribution < 1.29 is 0 Å². The zero-order valence-electron chi connectivity index (χ0n) is 14.4. The molecular formula is C18H32N2S. The minimum atomic E-state index is 0.464. The standard InChI is InChI=1S/C18H32N2S/c1-6-19-18(17-9-7-15(2)8-10-17)11-13-20(4)16(3)12-14-21-5/h7-10,16,18-19H,6,11-14H2,1-5H3. The molecule has 0 heterocycles. The molecule has 0 fully saturated rings. The van der Waals surface area contributed by atoms with Gasteiger partial charge in [0.1, 0.15) is 0 Å². The van der Waals surface area contributed by atoms with Crippen LogP contribution in [-0.2, 0) is 0 Å². The highest BCUT2D eigenvalue weighted by Gasteiger charge is 2.14. The Labute approximate surface area is 135 Å². The second-order valence-electron chi connectivity index (χ2n) is 5.92. The van der Waals surface area contributed by atoms with Crippen LogP contribution in [0.2, 0.25) is 0 Å². The molecule has 2 atom stereocenters. The Kier molecular flexibility index (Phi) is 9.05. The van der Waals surface area contributed by atoms with Crippen LogP contribution in [0.15, 0.2) is 24.3 Å². The lowest BCUT2D eigenvalue weighted by molar-refractivity contribution is 0.239. The molecule has 1 aromatic rings. The Balaban J connectivity index is 2.52. The summed E-state index contributed by atoms with van der Waals surface area (Å²) in [6, 6.07) is 10.1. The van der Waals surface area contributed by atoms with E-state index >= 15 is 0 Å². The van der Waals surface area contributed by atoms with Gasteiger partial charge in [-0.25, -0.2) is 0 Å². The van der Waals surface area contributed by atoms with Gasteiger partial charge in [-0.05, 0) is 64.4 Å². The summed E-state index contributed by atoms with van der Waals surface area (Å²) >= 11 is 1.94. The Hall–Kier alpha value is -0.510. The third-order valence-electron chi connectivity index (χ3n) is 4.19. The summed E-state index contributed by atoms with van der Waals surface area (Å²) in [5.41, 5.74) is 2.74. The van der Waals surface area contributed by atoms with Crippen LogP contribution in [-0.4, -0.2) is 43.1 Å². The van der Waals surface area contributed by atoms with Crippen LogP contribution in [0.1, 0.15) is 43.9 Å². The summed E-state index contributed by atoms with van der Waals surface area (Å²) in [5.74, 6) is 1.25. The molecule has 0 amide bonds. The molecule has 0 aromatic heterocycles. The molecule has 0 radical (unpaired) electrons. The lowest BCUT2D eigenvalue weighted by Gasteiger charge is -2.27. The van der Waals surface area contributed by atoms with E-state index in [-0.39, 0.29) is 0 Å². The van der Waals surface area contributed by atoms with Gasteiger partial charge < -0.3 is 10.2 Å². The Morgan fingerprint density at radius 2 is 1.86 bits per heavy atom. The van der Waals surface area contributed by atoms with Crippen molar-refractivity contribution in [1.82, 2.24) is 10.2 Å². The maximum absolute atomic E-state index is 3.63. The fraction of sp³-hybridized carbons (Fsp3) is 0.667. The normalized spacial score (nSPS) is 14.4. The maximum Gasteiger partial charge on any atom is 0.0332 e. The van der Waals surface area contributed by atoms with Gasteiger partial charge in [0.25, 0.3) is 0 Å². The fourth-order valence-corrected chi connectivity index (χ4v) is 3.07. The maximum atomic E-state index is 3.63. The van der Waals surface area contributed by atoms with Crippen LogP contribution in [0.4, 0.5) is 0 Å². The van der Waals surface area contributed by atoms with E-state index in [1.807, 2.05) is 11.8 Å². The molecule has 120 valence electrons. The molecule has 21 heavy (non-hydrogen) atoms. The first-order valence-corrected chi connectivity index (χ1v) is 9.47. The van der Waals surface area contributed by atoms with Crippen LogP contribution in [0, 0.1) is 6.92 Å². The second kappa shape index (κ2) is 10.3. The zero-order valence-corrected chi connectivity index (χ0v) is 15.2. The molecular weight excluding hydrogens is 276 g/mol. The Morgan fingerprint density at radius 1 is 1.19 bits per heavy atom. The van der Waals surface area contributed by atoms with Gasteiger partial charge in [0.2, 0.25) is 0 Å². The molecule has 1 N–H and O–H groups in total. The number of hydrogen-bond donors (Lipinski definition) is 1. The van der Waals surface area contributed by atoms with Crippen molar-refractivity contribution in [2.24, 2.45) is 0 Å². The summed E-state index contributed by atoms with van der Waals surface area (Å²) in [7, 11) is 2.25. The number of rotatable bonds is 10. The molecule has 1 aromatic carbocycles. The number of benzene rings is 1. The topological polar surface area (TPSA) is 15.3 Å². The summed E-state index contributed by atoms with van der Waals surface area (Å²) in [6.07, 6.45) is 4.62. The highest BCUT2D eigenvalue weighted by Crippen LogP contribution is 2.18. The van der Waals surface area contributed by atoms with E-state index in [1.165, 1.54) is 23.3 Å². The van der Waals surface area contributed by atoms with Gasteiger partial charge in [0.15, 0.2) is 0 Å². The first-order chi connectivity index (χ1) is 10.1. The first kappa shape index (κ1) is 18.5. The number of nitrogens with zero attached hydrogens (tertiary/aromatic N) is 1. The van der Waals surface area contributed by atoms with E-state index in [1.54, 1.807) is 0 Å². The average molecular weight is 309 g/mol. The van der Waals surface area contributed by atoms with Gasteiger partial charge in [-0.2, -0.15) is 11.8 Å². The molecule has 0 aliphatic heterocycles. The first-order valence-electron chi connectivity index (χ1n) is 8.07. The molecule has 2 nitrogen and oxygen atoms in total. The van der Waals surface area contributed by atoms with Gasteiger partial charge in [-0.15, -0.1) is 0 Å². The van der Waals surface area contributed by atoms with E-state index in [9.17, 15) is 0 Å². The second-order valence-corrected chi connectivity index (χ2v) is 6.91. The predicted octanol–water partition coefficient (Wildman–Crippen LogP) is 4.11. The van der Waals surface area contributed by atoms with E-state index in [0.717, 1.165) is 19.5 Å². The van der Waals surface area contributed by atoms with Crippen LogP contribution in [0.3, 0.4) is 0 Å². The third kappa shape index (κ3) is 6.86. The Bertz CT molecular complexity index is 377. The predicted molar refractivity (Wildman–Crippen MR) is 97.3 cm³/mol. The van der Waals surface area contributed by atoms with Crippen LogP contribution in [0.25, 0.3) is 0 Å². The minimum Gasteiger partial charge on any atom is -0.310 e. The van der Waals surface area contributed by atoms with Crippen LogP contribution < -0.4 is 5.32 Å². The van der Waals surface area contributed by atoms with Crippen molar-refractivity contribution in [2.45, 2.75) is 45.7 Å². The van der Waals surface area contributed by atoms with Crippen molar-refractivity contribution in [2.75, 3.05) is 32.1 Å². The van der Waals surface area contributed by atoms with Gasteiger partial charge in [-0.1, -0.05) is 36.8 Å². The summed E-state index contributed by atoms with van der Waals surface area (Å²) < 4.78 is 0. The van der Waals surface area contributed by atoms with E-state index in [2.05, 4.69) is 68.6 Å². The molecule has 0 saturated carbocycles. The van der Waals surface area contributed by atoms with E-state index < -0.39 is 0 Å². The van der Waals surface area contributed by atoms with Crippen molar-refractivity contribution >= 4 is 11.8 Å². The van der Waals surface area contributed by atoms with Crippen molar-refractivity contribution in [1.29, 1.82) is 0 Å². The van der Waals surface area contributed by atoms with E-state index in [0.29, 0.717) is 12.1 Å². The van der Waals surface area contributed by atoms with Crippen LogP contribution in [0.5, 0.6) is 0 Å². The molecule has 1 rings (SSSR count). The number of aryl methyl sites for hydroxylation is 1. The van der Waals surface area contributed by atoms with E-state index in [4.69, 9.17) is 0 Å². The number of hydrogen-bond acceptors (Lipinski definition) is 3. The smallest absolute Gasteiger partial charge is 0.0332 e. The Morgan fingerprint density at radius 3 is 2.43 bits per heavy atom. The number of thioether (sulfide) groups is 1. The summed E-state index contributed by atoms with van der Waals surface area (Å²) in [5, 5.41) is 3.63. The molecule has 0 bridgehead atoms. The fourth-order valence-electron chi connectivity index (χ4n) is 2.49. The van der Waals surface area contributed by atoms with Crippen molar-refractivity contribution in [3.8, 4) is 0 Å². The van der Waals surface area contributed by atoms with Gasteiger partial charge in [0.05, 0.1) is 0 Å². The quantitative estimate of drug-likeness (QED) is 0.700. The zero-order chi connectivity index (χ0) is 15.7. The molecule has 0 saturated heterocycles. The van der Waals surface area contributed by atoms with Gasteiger partial charge in [-0.3, -0.25) is 0 Å². The highest BCUT2D eigenvalue weighted by molar-refractivity contribution is 7.98. The lowest BCUT2D eigenvalue weighted by Crippen LogP contribution is -2.33. The summed E-state index contributed by atoms with van der Waals surface area (Å²) in [6.45, 7) is 8.83. The molecule has 0 aliphatic carbocycles. The molecule has 0 aliphatic rings. The van der Waals surface area contributed by atoms with Crippen molar-refractivity contribution in [3.05, 3.63) is 35.4 Å². The summed E-state index contributed by atoms with van der Waals surface area (Å²) in [4.78, 5) is 2.49. The van der Waals surface area contributed by atoms with Gasteiger partial charge >= 0.3 is 0 Å². The molecule has 3 heteroatoms. The molecule has 2 unspecified atom stereocenters. The average Bonchev–Trinajstić information content (AvgIpc) is 2.49. The monoisotopic (exact) mass is 308 g/mol. The van der Waals surface area contributed by atoms with Crippen LogP contribution >= 0.6 is 11.8 Å². The number of nitrogens with one attached hydrogen (secondary N) is 1. The highest BCUT2D eigenvalue weighted by atomic mass is 32.2. The SMILES string of the molecule is CCNC(CCN(C)C(C)CCSC)c1ccc(C)cc1. The third-order valence-corrected chi connectivity index (χ3v) is 4.84. The lowest BCUT2D eigenvalue weighted by atomic mass is 10.0. The molecule has 0 spiro atoms.